The fourth-order valence-electron chi connectivity index (χ4n) is 1.66. The smallest absolute Gasteiger partial charge is 0.271 e. The Kier molecular flexibility index (Phi) is 4.74. The van der Waals surface area contributed by atoms with E-state index in [-0.39, 0.29) is 0 Å². The maximum atomic E-state index is 12.3. The van der Waals surface area contributed by atoms with Crippen LogP contribution in [-0.2, 0) is 16.6 Å². The van der Waals surface area contributed by atoms with Gasteiger partial charge in [-0.2, -0.15) is 0 Å². The number of thiophene rings is 1. The van der Waals surface area contributed by atoms with E-state index in [2.05, 4.69) is 15.0 Å². The quantitative estimate of drug-likeness (QED) is 0.859. The Morgan fingerprint density at radius 1 is 1.30 bits per heavy atom. The predicted molar refractivity (Wildman–Crippen MR) is 81.5 cm³/mol. The molecule has 7 heteroatoms. The number of hydrogen-bond acceptors (Lipinski definition) is 5. The standard InChI is InChI=1S/C13H17N3O2S2/c1-3-14-9-12-4-5-13(19-12)20(17,18)16-11-6-10(2)7-15-8-11/h4-8,14,16H,3,9H2,1-2H3. The summed E-state index contributed by atoms with van der Waals surface area (Å²) in [6.07, 6.45) is 3.18. The summed E-state index contributed by atoms with van der Waals surface area (Å²) < 4.78 is 27.4. The number of pyridine rings is 1. The molecule has 0 saturated heterocycles. The molecule has 0 spiro atoms. The van der Waals surface area contributed by atoms with E-state index in [4.69, 9.17) is 0 Å². The fraction of sp³-hybridized carbons (Fsp3) is 0.308. The molecule has 0 aliphatic heterocycles. The van der Waals surface area contributed by atoms with Gasteiger partial charge >= 0.3 is 0 Å². The first-order chi connectivity index (χ1) is 9.51. The van der Waals surface area contributed by atoms with Gasteiger partial charge in [0.2, 0.25) is 0 Å². The SMILES string of the molecule is CCNCc1ccc(S(=O)(=O)Nc2cncc(C)c2)s1. The van der Waals surface area contributed by atoms with Crippen LogP contribution in [0.2, 0.25) is 0 Å². The number of rotatable bonds is 6. The van der Waals surface area contributed by atoms with Gasteiger partial charge in [0.25, 0.3) is 10.0 Å². The number of hydrogen-bond donors (Lipinski definition) is 2. The number of nitrogens with one attached hydrogen (secondary N) is 2. The van der Waals surface area contributed by atoms with E-state index in [1.165, 1.54) is 17.5 Å². The van der Waals surface area contributed by atoms with E-state index in [1.54, 1.807) is 18.3 Å². The van der Waals surface area contributed by atoms with Crippen molar-refractivity contribution in [2.45, 2.75) is 24.6 Å². The minimum Gasteiger partial charge on any atom is -0.312 e. The third kappa shape index (κ3) is 3.78. The van der Waals surface area contributed by atoms with Gasteiger partial charge < -0.3 is 5.32 Å². The van der Waals surface area contributed by atoms with Crippen molar-refractivity contribution in [2.75, 3.05) is 11.3 Å². The Morgan fingerprint density at radius 2 is 2.10 bits per heavy atom. The summed E-state index contributed by atoms with van der Waals surface area (Å²) in [5.41, 5.74) is 1.39. The number of nitrogens with zero attached hydrogens (tertiary/aromatic N) is 1. The molecule has 2 N–H and O–H groups in total. The molecular weight excluding hydrogens is 294 g/mol. The van der Waals surface area contributed by atoms with Crippen LogP contribution in [0.1, 0.15) is 17.4 Å². The molecule has 2 heterocycles. The number of sulfonamides is 1. The van der Waals surface area contributed by atoms with Gasteiger partial charge in [0.15, 0.2) is 0 Å². The van der Waals surface area contributed by atoms with Crippen molar-refractivity contribution in [1.29, 1.82) is 0 Å². The number of aromatic nitrogens is 1. The largest absolute Gasteiger partial charge is 0.312 e. The molecule has 0 saturated carbocycles. The van der Waals surface area contributed by atoms with E-state index in [0.717, 1.165) is 17.0 Å². The molecular formula is C13H17N3O2S2. The average molecular weight is 311 g/mol. The van der Waals surface area contributed by atoms with Gasteiger partial charge in [-0.05, 0) is 37.2 Å². The monoisotopic (exact) mass is 311 g/mol. The number of anilines is 1. The van der Waals surface area contributed by atoms with Crippen molar-refractivity contribution in [2.24, 2.45) is 0 Å². The van der Waals surface area contributed by atoms with E-state index in [0.29, 0.717) is 16.4 Å². The predicted octanol–water partition coefficient (Wildman–Crippen LogP) is 2.36. The first kappa shape index (κ1) is 15.0. The molecule has 0 aromatic carbocycles. The zero-order valence-electron chi connectivity index (χ0n) is 11.4. The summed E-state index contributed by atoms with van der Waals surface area (Å²) in [4.78, 5) is 4.97. The van der Waals surface area contributed by atoms with Gasteiger partial charge in [0.1, 0.15) is 4.21 Å². The summed E-state index contributed by atoms with van der Waals surface area (Å²) >= 11 is 1.27. The first-order valence-corrected chi connectivity index (χ1v) is 8.55. The molecule has 0 aliphatic rings. The highest BCUT2D eigenvalue weighted by molar-refractivity contribution is 7.94. The molecule has 108 valence electrons. The second kappa shape index (κ2) is 6.34. The molecule has 0 unspecified atom stereocenters. The highest BCUT2D eigenvalue weighted by atomic mass is 32.2. The first-order valence-electron chi connectivity index (χ1n) is 6.25. The van der Waals surface area contributed by atoms with Crippen LogP contribution in [0.5, 0.6) is 0 Å². The lowest BCUT2D eigenvalue weighted by molar-refractivity contribution is 0.603. The van der Waals surface area contributed by atoms with Crippen LogP contribution in [0, 0.1) is 6.92 Å². The van der Waals surface area contributed by atoms with Crippen molar-refractivity contribution >= 4 is 27.0 Å². The Hall–Kier alpha value is -1.44. The Morgan fingerprint density at radius 3 is 2.80 bits per heavy atom. The lowest BCUT2D eigenvalue weighted by Gasteiger charge is -2.06. The third-order valence-corrected chi connectivity index (χ3v) is 5.54. The Labute approximate surface area is 123 Å². The zero-order chi connectivity index (χ0) is 14.6. The van der Waals surface area contributed by atoms with Crippen molar-refractivity contribution in [3.05, 3.63) is 41.0 Å². The molecule has 0 amide bonds. The van der Waals surface area contributed by atoms with Crippen LogP contribution < -0.4 is 10.0 Å². The maximum Gasteiger partial charge on any atom is 0.271 e. The third-order valence-electron chi connectivity index (χ3n) is 2.58. The second-order valence-electron chi connectivity index (χ2n) is 4.36. The van der Waals surface area contributed by atoms with Gasteiger partial charge in [-0.1, -0.05) is 6.92 Å². The summed E-state index contributed by atoms with van der Waals surface area (Å²) in [6, 6.07) is 5.21. The highest BCUT2D eigenvalue weighted by Gasteiger charge is 2.17. The molecule has 0 aliphatic carbocycles. The van der Waals surface area contributed by atoms with Crippen molar-refractivity contribution in [3.63, 3.8) is 0 Å². The zero-order valence-corrected chi connectivity index (χ0v) is 13.0. The lowest BCUT2D eigenvalue weighted by Crippen LogP contribution is -2.12. The topological polar surface area (TPSA) is 71.1 Å². The average Bonchev–Trinajstić information content (AvgIpc) is 2.85. The molecule has 0 fully saturated rings. The summed E-state index contributed by atoms with van der Waals surface area (Å²) in [7, 11) is -3.53. The molecule has 0 bridgehead atoms. The van der Waals surface area contributed by atoms with Crippen LogP contribution in [-0.4, -0.2) is 19.9 Å². The van der Waals surface area contributed by atoms with Crippen LogP contribution in [0.15, 0.2) is 34.8 Å². The van der Waals surface area contributed by atoms with Crippen molar-refractivity contribution in [3.8, 4) is 0 Å². The molecule has 0 atom stereocenters. The summed E-state index contributed by atoms with van der Waals surface area (Å²) in [6.45, 7) is 5.41. The van der Waals surface area contributed by atoms with E-state index in [1.807, 2.05) is 19.9 Å². The van der Waals surface area contributed by atoms with E-state index < -0.39 is 10.0 Å². The molecule has 20 heavy (non-hydrogen) atoms. The van der Waals surface area contributed by atoms with Gasteiger partial charge in [-0.15, -0.1) is 11.3 Å². The van der Waals surface area contributed by atoms with Crippen molar-refractivity contribution in [1.82, 2.24) is 10.3 Å². The van der Waals surface area contributed by atoms with Gasteiger partial charge in [-0.25, -0.2) is 8.42 Å². The van der Waals surface area contributed by atoms with Crippen LogP contribution in [0.25, 0.3) is 0 Å². The molecule has 2 aromatic rings. The lowest BCUT2D eigenvalue weighted by atomic mass is 10.3. The van der Waals surface area contributed by atoms with Gasteiger partial charge in [-0.3, -0.25) is 9.71 Å². The van der Waals surface area contributed by atoms with E-state index in [9.17, 15) is 8.42 Å². The van der Waals surface area contributed by atoms with Crippen LogP contribution in [0.3, 0.4) is 0 Å². The molecule has 0 radical (unpaired) electrons. The molecule has 2 rings (SSSR count). The Bertz CT molecular complexity index is 680. The summed E-state index contributed by atoms with van der Waals surface area (Å²) in [5, 5.41) is 3.17. The minimum atomic E-state index is -3.53. The molecule has 2 aromatic heterocycles. The fourth-order valence-corrected chi connectivity index (χ4v) is 4.02. The van der Waals surface area contributed by atoms with Crippen molar-refractivity contribution < 1.29 is 8.42 Å². The van der Waals surface area contributed by atoms with E-state index >= 15 is 0 Å². The second-order valence-corrected chi connectivity index (χ2v) is 7.44. The van der Waals surface area contributed by atoms with Crippen LogP contribution in [0.4, 0.5) is 5.69 Å². The summed E-state index contributed by atoms with van der Waals surface area (Å²) in [5.74, 6) is 0. The van der Waals surface area contributed by atoms with Crippen LogP contribution >= 0.6 is 11.3 Å². The minimum absolute atomic E-state index is 0.312. The number of aryl methyl sites for hydroxylation is 1. The highest BCUT2D eigenvalue weighted by Crippen LogP contribution is 2.24. The van der Waals surface area contributed by atoms with Gasteiger partial charge in [0, 0.05) is 17.6 Å². The normalized spacial score (nSPS) is 11.5. The van der Waals surface area contributed by atoms with Gasteiger partial charge in [0.05, 0.1) is 11.9 Å². The Balaban J connectivity index is 2.16. The maximum absolute atomic E-state index is 12.3. The molecule has 5 nitrogen and oxygen atoms in total.